The minimum Gasteiger partial charge on any atom is 1.00 e. The van der Waals surface area contributed by atoms with E-state index < -0.39 is 7.81 Å². The molecule has 1 atom stereocenters. The summed E-state index contributed by atoms with van der Waals surface area (Å²) in [5.74, 6) is 0. The summed E-state index contributed by atoms with van der Waals surface area (Å²) in [5.41, 5.74) is 3.95. The summed E-state index contributed by atoms with van der Waals surface area (Å²) in [6.45, 7) is 0. The number of halogens is 6. The average molecular weight is 393 g/mol. The normalized spacial score (nSPS) is 19.6. The van der Waals surface area contributed by atoms with Crippen LogP contribution in [0.2, 0.25) is 0 Å². The van der Waals surface area contributed by atoms with Crippen LogP contribution in [-0.2, 0) is 0 Å². The van der Waals surface area contributed by atoms with Crippen LogP contribution in [0.25, 0.3) is 5.57 Å². The van der Waals surface area contributed by atoms with Crippen LogP contribution in [-0.4, -0.2) is 11.9 Å². The van der Waals surface area contributed by atoms with Crippen molar-refractivity contribution in [1.29, 1.82) is 0 Å². The summed E-state index contributed by atoms with van der Waals surface area (Å²) in [5, 5.41) is 0. The van der Waals surface area contributed by atoms with Crippen molar-refractivity contribution in [3.63, 3.8) is 0 Å². The van der Waals surface area contributed by atoms with Crippen molar-refractivity contribution in [3.05, 3.63) is 90.1 Å². The summed E-state index contributed by atoms with van der Waals surface area (Å²) in [4.78, 5) is 2.26. The van der Waals surface area contributed by atoms with Crippen molar-refractivity contribution in [2.24, 2.45) is 0 Å². The van der Waals surface area contributed by atoms with Crippen molar-refractivity contribution >= 4 is 13.4 Å². The molecule has 0 saturated carbocycles. The zero-order valence-corrected chi connectivity index (χ0v) is 14.6. The Kier molecular flexibility index (Phi) is 4.99. The summed E-state index contributed by atoms with van der Waals surface area (Å²) in [7, 11) is -8.53. The van der Waals surface area contributed by atoms with E-state index in [2.05, 4.69) is 91.0 Å². The van der Waals surface area contributed by atoms with Crippen molar-refractivity contribution in [2.75, 3.05) is 7.05 Å². The second-order valence-corrected chi connectivity index (χ2v) is 7.68. The Morgan fingerprint density at radius 2 is 1.27 bits per heavy atom. The second kappa shape index (κ2) is 6.47. The van der Waals surface area contributed by atoms with E-state index in [-0.39, 0.29) is 7.47 Å². The summed E-state index contributed by atoms with van der Waals surface area (Å²) in [6, 6.07) is 21.5. The third-order valence-electron chi connectivity index (χ3n) is 3.52. The van der Waals surface area contributed by atoms with Gasteiger partial charge in [0.15, 0.2) is 0 Å². The topological polar surface area (TPSA) is 3.24 Å². The smallest absolute Gasteiger partial charge is 1.00 e. The molecule has 2 aromatic carbocycles. The number of allylic oxidation sites excluding steroid dienone is 2. The van der Waals surface area contributed by atoms with Crippen LogP contribution in [0.4, 0.5) is 25.2 Å². The van der Waals surface area contributed by atoms with Crippen LogP contribution in [0, 0.1) is 0 Å². The molecule has 26 heavy (non-hydrogen) atoms. The Morgan fingerprint density at radius 3 is 1.77 bits per heavy atom. The van der Waals surface area contributed by atoms with Gasteiger partial charge in [-0.2, -0.15) is 0 Å². The second-order valence-electron chi connectivity index (χ2n) is 5.77. The number of likely N-dealkylation sites (N-methyl/N-ethyl adjacent to an activating group) is 1. The molecule has 0 aromatic heterocycles. The first kappa shape index (κ1) is 20.0. The molecule has 1 heterocycles. The summed E-state index contributed by atoms with van der Waals surface area (Å²) in [6.07, 6.45) is 6.46. The van der Waals surface area contributed by atoms with Crippen LogP contribution in [0.1, 0.15) is 18.6 Å². The van der Waals surface area contributed by atoms with Crippen molar-refractivity contribution in [1.82, 2.24) is 4.90 Å². The van der Waals surface area contributed by atoms with Crippen LogP contribution in [0.5, 0.6) is 0 Å². The van der Waals surface area contributed by atoms with Gasteiger partial charge in [-0.25, -0.2) is 0 Å². The molecule has 1 nitrogen and oxygen atoms in total. The number of benzene rings is 2. The van der Waals surface area contributed by atoms with E-state index in [1.165, 1.54) is 16.7 Å². The molecule has 0 bridgehead atoms. The molecule has 0 saturated heterocycles. The van der Waals surface area contributed by atoms with Crippen LogP contribution >= 0.6 is 7.81 Å². The number of hydrogen-bond acceptors (Lipinski definition) is 1. The SMILES string of the molecule is CN1C=CC=C(c2ccccc2)C1c1ccccc1.F[P-](F)(F)(F)(F)F.[H+]. The standard InChI is InChI=1S/C18H17N.F6P/c1-19-14-8-13-17(15-9-4-2-5-10-15)18(19)16-11-6-3-7-12-16;1-7(2,3,4,5)6/h2-14,18H,1H3;/q;-1/p+1. The fourth-order valence-electron chi connectivity index (χ4n) is 2.61. The molecule has 2 aromatic rings. The van der Waals surface area contributed by atoms with Gasteiger partial charge in [0.2, 0.25) is 0 Å². The minimum atomic E-state index is -10.7. The quantitative estimate of drug-likeness (QED) is 0.372. The molecule has 0 radical (unpaired) electrons. The van der Waals surface area contributed by atoms with Crippen molar-refractivity contribution < 1.29 is 26.6 Å². The molecule has 0 amide bonds. The van der Waals surface area contributed by atoms with Crippen molar-refractivity contribution in [2.45, 2.75) is 6.04 Å². The Balaban J connectivity index is 0.000000395. The van der Waals surface area contributed by atoms with E-state index in [1.807, 2.05) is 0 Å². The monoisotopic (exact) mass is 393 g/mol. The maximum atomic E-state index is 9.87. The molecule has 0 N–H and O–H groups in total. The molecular weight excluding hydrogens is 375 g/mol. The van der Waals surface area contributed by atoms with Crippen LogP contribution < -0.4 is 0 Å². The number of rotatable bonds is 2. The van der Waals surface area contributed by atoms with Gasteiger partial charge in [-0.15, -0.1) is 0 Å². The Morgan fingerprint density at radius 1 is 0.808 bits per heavy atom. The first-order chi connectivity index (χ1) is 11.8. The first-order valence-electron chi connectivity index (χ1n) is 7.58. The Labute approximate surface area is 149 Å². The minimum absolute atomic E-state index is 0. The van der Waals surface area contributed by atoms with E-state index >= 15 is 0 Å². The van der Waals surface area contributed by atoms with Gasteiger partial charge in [-0.05, 0) is 29.0 Å². The first-order valence-corrected chi connectivity index (χ1v) is 9.61. The van der Waals surface area contributed by atoms with Gasteiger partial charge >= 0.3 is 34.4 Å². The molecule has 1 aliphatic heterocycles. The Hall–Kier alpha value is -2.27. The molecule has 0 aliphatic carbocycles. The maximum Gasteiger partial charge on any atom is 1.00 e. The predicted molar refractivity (Wildman–Crippen MR) is 95.2 cm³/mol. The maximum absolute atomic E-state index is 10.7. The van der Waals surface area contributed by atoms with Gasteiger partial charge < -0.3 is 4.90 Å². The number of hydrogen-bond donors (Lipinski definition) is 0. The van der Waals surface area contributed by atoms with E-state index in [4.69, 9.17) is 0 Å². The van der Waals surface area contributed by atoms with Gasteiger partial charge in [-0.1, -0.05) is 66.7 Å². The molecule has 1 aliphatic rings. The van der Waals surface area contributed by atoms with E-state index in [0.29, 0.717) is 0 Å². The van der Waals surface area contributed by atoms with Gasteiger partial charge in [0, 0.05) is 7.05 Å². The van der Waals surface area contributed by atoms with E-state index in [0.717, 1.165) is 0 Å². The number of nitrogens with zero attached hydrogens (tertiary/aromatic N) is 1. The zero-order chi connectivity index (χ0) is 19.5. The van der Waals surface area contributed by atoms with Gasteiger partial charge in [0.25, 0.3) is 0 Å². The third kappa shape index (κ3) is 7.31. The van der Waals surface area contributed by atoms with E-state index in [9.17, 15) is 25.2 Å². The van der Waals surface area contributed by atoms with Gasteiger partial charge in [0.1, 0.15) is 0 Å². The average Bonchev–Trinajstić information content (AvgIpc) is 2.53. The largest absolute Gasteiger partial charge is 1.00 e. The van der Waals surface area contributed by atoms with E-state index in [1.54, 1.807) is 0 Å². The summed E-state index contributed by atoms with van der Waals surface area (Å²) < 4.78 is 59.2. The van der Waals surface area contributed by atoms with Gasteiger partial charge in [0.05, 0.1) is 6.04 Å². The van der Waals surface area contributed by atoms with Crippen LogP contribution in [0.3, 0.4) is 0 Å². The molecule has 0 spiro atoms. The fraction of sp³-hybridized carbons (Fsp3) is 0.111. The summed E-state index contributed by atoms with van der Waals surface area (Å²) >= 11 is 0. The molecule has 0 fully saturated rings. The third-order valence-corrected chi connectivity index (χ3v) is 3.52. The molecule has 8 heteroatoms. The molecular formula is C18H18F6NP. The van der Waals surface area contributed by atoms with Crippen LogP contribution in [0.15, 0.2) is 79.0 Å². The van der Waals surface area contributed by atoms with Crippen molar-refractivity contribution in [3.8, 4) is 0 Å². The molecule has 1 unspecified atom stereocenters. The molecule has 142 valence electrons. The zero-order valence-electron chi connectivity index (χ0n) is 14.7. The van der Waals surface area contributed by atoms with Gasteiger partial charge in [-0.3, -0.25) is 0 Å². The fourth-order valence-corrected chi connectivity index (χ4v) is 2.61. The Bertz CT molecular complexity index is 793. The molecule has 3 rings (SSSR count). The predicted octanol–water partition coefficient (Wildman–Crippen LogP) is 7.77.